The summed E-state index contributed by atoms with van der Waals surface area (Å²) in [7, 11) is 0. The molecule has 0 saturated heterocycles. The molecule has 1 rings (SSSR count). The minimum atomic E-state index is 0.335. The van der Waals surface area contributed by atoms with E-state index in [-0.39, 0.29) is 0 Å². The van der Waals surface area contributed by atoms with Crippen LogP contribution in [0.15, 0.2) is 12.2 Å². The number of allylic oxidation sites excluding steroid dienone is 2. The molecule has 0 aromatic rings. The Balaban J connectivity index is 1.97. The molecule has 0 aromatic carbocycles. The average Bonchev–Trinajstić information content (AvgIpc) is 2.52. The zero-order valence-electron chi connectivity index (χ0n) is 8.59. The minimum absolute atomic E-state index is 0.335. The molecule has 1 atom stereocenters. The van der Waals surface area contributed by atoms with Gasteiger partial charge >= 0.3 is 0 Å². The highest BCUT2D eigenvalue weighted by atomic mass is 16.1. The van der Waals surface area contributed by atoms with Crippen LogP contribution in [0.3, 0.4) is 0 Å². The molecule has 0 N–H and O–H groups in total. The van der Waals surface area contributed by atoms with Crippen molar-refractivity contribution in [1.29, 1.82) is 0 Å². The van der Waals surface area contributed by atoms with Gasteiger partial charge in [-0.05, 0) is 18.9 Å². The van der Waals surface area contributed by atoms with E-state index in [2.05, 4.69) is 6.92 Å². The molecule has 1 nitrogen and oxygen atoms in total. The van der Waals surface area contributed by atoms with Gasteiger partial charge in [-0.2, -0.15) is 0 Å². The third-order valence-corrected chi connectivity index (χ3v) is 2.76. The SMILES string of the molecule is CCCCCCCC1CC=CC1=O. The summed E-state index contributed by atoms with van der Waals surface area (Å²) in [5.74, 6) is 0.692. The first-order valence-corrected chi connectivity index (χ1v) is 5.55. The van der Waals surface area contributed by atoms with Gasteiger partial charge in [-0.1, -0.05) is 45.1 Å². The van der Waals surface area contributed by atoms with Gasteiger partial charge < -0.3 is 0 Å². The van der Waals surface area contributed by atoms with E-state index >= 15 is 0 Å². The fourth-order valence-electron chi connectivity index (χ4n) is 1.86. The molecule has 74 valence electrons. The highest BCUT2D eigenvalue weighted by Gasteiger charge is 2.18. The number of hydrogen-bond acceptors (Lipinski definition) is 1. The minimum Gasteiger partial charge on any atom is -0.295 e. The molecule has 1 heteroatoms. The van der Waals surface area contributed by atoms with E-state index in [0.717, 1.165) is 12.8 Å². The van der Waals surface area contributed by atoms with Crippen LogP contribution < -0.4 is 0 Å². The van der Waals surface area contributed by atoms with Gasteiger partial charge in [-0.3, -0.25) is 4.79 Å². The molecular formula is C12H20O. The van der Waals surface area contributed by atoms with Crippen LogP contribution in [0.1, 0.15) is 51.9 Å². The van der Waals surface area contributed by atoms with Crippen molar-refractivity contribution in [3.63, 3.8) is 0 Å². The fraction of sp³-hybridized carbons (Fsp3) is 0.750. The van der Waals surface area contributed by atoms with E-state index in [1.807, 2.05) is 6.08 Å². The van der Waals surface area contributed by atoms with Crippen LogP contribution >= 0.6 is 0 Å². The Morgan fingerprint density at radius 3 is 2.69 bits per heavy atom. The number of carbonyl (C=O) groups is 1. The predicted octanol–water partition coefficient (Wildman–Crippen LogP) is 3.49. The van der Waals surface area contributed by atoms with Crippen LogP contribution in [0.25, 0.3) is 0 Å². The molecule has 13 heavy (non-hydrogen) atoms. The van der Waals surface area contributed by atoms with Crippen molar-refractivity contribution in [3.05, 3.63) is 12.2 Å². The zero-order chi connectivity index (χ0) is 9.52. The monoisotopic (exact) mass is 180 g/mol. The summed E-state index contributed by atoms with van der Waals surface area (Å²) in [5.41, 5.74) is 0. The average molecular weight is 180 g/mol. The molecule has 0 saturated carbocycles. The maximum Gasteiger partial charge on any atom is 0.158 e. The third kappa shape index (κ3) is 3.75. The second-order valence-electron chi connectivity index (χ2n) is 3.94. The Labute approximate surface area is 81.2 Å². The molecule has 0 spiro atoms. The van der Waals surface area contributed by atoms with Crippen molar-refractivity contribution in [2.24, 2.45) is 5.92 Å². The molecule has 0 amide bonds. The molecule has 0 fully saturated rings. The van der Waals surface area contributed by atoms with Crippen molar-refractivity contribution >= 4 is 5.78 Å². The smallest absolute Gasteiger partial charge is 0.158 e. The van der Waals surface area contributed by atoms with Gasteiger partial charge in [0.25, 0.3) is 0 Å². The van der Waals surface area contributed by atoms with E-state index < -0.39 is 0 Å². The number of carbonyl (C=O) groups excluding carboxylic acids is 1. The second-order valence-corrected chi connectivity index (χ2v) is 3.94. The Kier molecular flexibility index (Phi) is 4.81. The van der Waals surface area contributed by atoms with E-state index in [1.54, 1.807) is 6.08 Å². The lowest BCUT2D eigenvalue weighted by atomic mass is 9.98. The second kappa shape index (κ2) is 5.95. The van der Waals surface area contributed by atoms with Gasteiger partial charge in [0.15, 0.2) is 5.78 Å². The predicted molar refractivity (Wildman–Crippen MR) is 55.6 cm³/mol. The van der Waals surface area contributed by atoms with E-state index in [0.29, 0.717) is 11.7 Å². The summed E-state index contributed by atoms with van der Waals surface area (Å²) in [4.78, 5) is 11.2. The van der Waals surface area contributed by atoms with Gasteiger partial charge in [-0.15, -0.1) is 0 Å². The Morgan fingerprint density at radius 1 is 1.31 bits per heavy atom. The van der Waals surface area contributed by atoms with Crippen molar-refractivity contribution in [3.8, 4) is 0 Å². The maximum atomic E-state index is 11.2. The van der Waals surface area contributed by atoms with Crippen LogP contribution in [0, 0.1) is 5.92 Å². The van der Waals surface area contributed by atoms with Crippen molar-refractivity contribution in [2.75, 3.05) is 0 Å². The zero-order valence-corrected chi connectivity index (χ0v) is 8.59. The largest absolute Gasteiger partial charge is 0.295 e. The molecule has 1 aliphatic rings. The Hall–Kier alpha value is -0.590. The molecule has 1 aliphatic carbocycles. The molecular weight excluding hydrogens is 160 g/mol. The summed E-state index contributed by atoms with van der Waals surface area (Å²) < 4.78 is 0. The third-order valence-electron chi connectivity index (χ3n) is 2.76. The van der Waals surface area contributed by atoms with Gasteiger partial charge in [0.1, 0.15) is 0 Å². The molecule has 0 aromatic heterocycles. The highest BCUT2D eigenvalue weighted by molar-refractivity contribution is 5.93. The standard InChI is InChI=1S/C12H20O/c1-2-3-4-5-6-8-11-9-7-10-12(11)13/h7,10-11H,2-6,8-9H2,1H3. The van der Waals surface area contributed by atoms with Crippen LogP contribution in [0.2, 0.25) is 0 Å². The first kappa shape index (κ1) is 10.5. The van der Waals surface area contributed by atoms with Crippen LogP contribution in [-0.4, -0.2) is 5.78 Å². The summed E-state index contributed by atoms with van der Waals surface area (Å²) in [5, 5.41) is 0. The van der Waals surface area contributed by atoms with Gasteiger partial charge in [0.05, 0.1) is 0 Å². The van der Waals surface area contributed by atoms with Crippen molar-refractivity contribution in [1.82, 2.24) is 0 Å². The van der Waals surface area contributed by atoms with E-state index in [9.17, 15) is 4.79 Å². The van der Waals surface area contributed by atoms with Crippen LogP contribution in [0.4, 0.5) is 0 Å². The quantitative estimate of drug-likeness (QED) is 0.572. The normalized spacial score (nSPS) is 21.3. The lowest BCUT2D eigenvalue weighted by Gasteiger charge is -2.06. The lowest BCUT2D eigenvalue weighted by Crippen LogP contribution is -2.05. The molecule has 1 unspecified atom stereocenters. The number of ketones is 1. The molecule has 0 aliphatic heterocycles. The van der Waals surface area contributed by atoms with Gasteiger partial charge in [0, 0.05) is 5.92 Å². The van der Waals surface area contributed by atoms with Crippen molar-refractivity contribution < 1.29 is 4.79 Å². The number of hydrogen-bond donors (Lipinski definition) is 0. The molecule has 0 radical (unpaired) electrons. The van der Waals surface area contributed by atoms with E-state index in [4.69, 9.17) is 0 Å². The van der Waals surface area contributed by atoms with Crippen LogP contribution in [0.5, 0.6) is 0 Å². The first-order chi connectivity index (χ1) is 6.34. The first-order valence-electron chi connectivity index (χ1n) is 5.55. The summed E-state index contributed by atoms with van der Waals surface area (Å²) in [6.45, 7) is 2.23. The number of unbranched alkanes of at least 4 members (excludes halogenated alkanes) is 4. The summed E-state index contributed by atoms with van der Waals surface area (Å²) in [6, 6.07) is 0. The van der Waals surface area contributed by atoms with Crippen LogP contribution in [-0.2, 0) is 4.79 Å². The topological polar surface area (TPSA) is 17.1 Å². The summed E-state index contributed by atoms with van der Waals surface area (Å²) in [6.07, 6.45) is 12.4. The van der Waals surface area contributed by atoms with Gasteiger partial charge in [-0.25, -0.2) is 0 Å². The summed E-state index contributed by atoms with van der Waals surface area (Å²) >= 11 is 0. The molecule has 0 heterocycles. The van der Waals surface area contributed by atoms with Crippen molar-refractivity contribution in [2.45, 2.75) is 51.9 Å². The Bertz CT molecular complexity index is 182. The molecule has 0 bridgehead atoms. The number of rotatable bonds is 6. The maximum absolute atomic E-state index is 11.2. The van der Waals surface area contributed by atoms with E-state index in [1.165, 1.54) is 32.1 Å². The van der Waals surface area contributed by atoms with Gasteiger partial charge in [0.2, 0.25) is 0 Å². The Morgan fingerprint density at radius 2 is 2.08 bits per heavy atom. The fourth-order valence-corrected chi connectivity index (χ4v) is 1.86. The lowest BCUT2D eigenvalue weighted by molar-refractivity contribution is -0.117. The highest BCUT2D eigenvalue weighted by Crippen LogP contribution is 2.21.